The average Bonchev–Trinajstić information content (AvgIpc) is 3.16. The van der Waals surface area contributed by atoms with Crippen molar-refractivity contribution in [3.8, 4) is 11.4 Å². The van der Waals surface area contributed by atoms with E-state index in [1.165, 1.54) is 5.56 Å². The van der Waals surface area contributed by atoms with Crippen molar-refractivity contribution in [2.75, 3.05) is 0 Å². The van der Waals surface area contributed by atoms with Gasteiger partial charge in [0.2, 0.25) is 0 Å². The molecule has 0 amide bonds. The van der Waals surface area contributed by atoms with E-state index in [2.05, 4.69) is 46.4 Å². The first kappa shape index (κ1) is 16.2. The molecule has 7 heteroatoms. The molecular weight excluding hydrogens is 354 g/mol. The minimum Gasteiger partial charge on any atom is -0.305 e. The third-order valence-corrected chi connectivity index (χ3v) is 5.24. The maximum atomic E-state index is 6.02. The summed E-state index contributed by atoms with van der Waals surface area (Å²) in [6.07, 6.45) is 3.85. The maximum absolute atomic E-state index is 6.02. The molecule has 0 N–H and O–H groups in total. The van der Waals surface area contributed by atoms with Gasteiger partial charge in [-0.25, -0.2) is 4.98 Å². The van der Waals surface area contributed by atoms with Gasteiger partial charge in [-0.15, -0.1) is 10.2 Å². The molecule has 0 unspecified atom stereocenters. The van der Waals surface area contributed by atoms with Crippen molar-refractivity contribution in [3.05, 3.63) is 65.1 Å². The van der Waals surface area contributed by atoms with E-state index in [9.17, 15) is 0 Å². The van der Waals surface area contributed by atoms with E-state index in [1.807, 2.05) is 40.5 Å². The van der Waals surface area contributed by atoms with E-state index in [4.69, 9.17) is 11.6 Å². The first-order valence-electron chi connectivity index (χ1n) is 7.82. The van der Waals surface area contributed by atoms with Crippen molar-refractivity contribution >= 4 is 29.0 Å². The molecule has 1 aromatic carbocycles. The third kappa shape index (κ3) is 3.27. The summed E-state index contributed by atoms with van der Waals surface area (Å²) in [6, 6.07) is 12.1. The summed E-state index contributed by atoms with van der Waals surface area (Å²) in [7, 11) is 1.99. The molecule has 0 atom stereocenters. The summed E-state index contributed by atoms with van der Waals surface area (Å²) in [6.45, 7) is 2.07. The standard InChI is InChI=1S/C18H16ClN5S/c1-12-3-5-13(6-4-12)17-21-22-18(23(17)2)25-11-15-10-24-9-14(19)7-8-16(24)20-15/h3-10H,11H2,1-2H3. The molecule has 4 aromatic rings. The first-order chi connectivity index (χ1) is 12.1. The molecule has 5 nitrogen and oxygen atoms in total. The quantitative estimate of drug-likeness (QED) is 0.501. The van der Waals surface area contributed by atoms with Gasteiger partial charge < -0.3 is 8.97 Å². The Hall–Kier alpha value is -2.31. The minimum absolute atomic E-state index is 0.695. The Morgan fingerprint density at radius 3 is 2.64 bits per heavy atom. The Morgan fingerprint density at radius 2 is 1.84 bits per heavy atom. The van der Waals surface area contributed by atoms with Gasteiger partial charge in [0.25, 0.3) is 0 Å². The number of halogens is 1. The summed E-state index contributed by atoms with van der Waals surface area (Å²) in [4.78, 5) is 4.60. The molecule has 0 radical (unpaired) electrons. The number of fused-ring (bicyclic) bond motifs is 1. The molecule has 126 valence electrons. The van der Waals surface area contributed by atoms with E-state index in [-0.39, 0.29) is 0 Å². The lowest BCUT2D eigenvalue weighted by atomic mass is 10.1. The maximum Gasteiger partial charge on any atom is 0.191 e. The lowest BCUT2D eigenvalue weighted by molar-refractivity contribution is 0.793. The molecule has 0 spiro atoms. The molecular formula is C18H16ClN5S. The van der Waals surface area contributed by atoms with E-state index < -0.39 is 0 Å². The van der Waals surface area contributed by atoms with Crippen molar-refractivity contribution in [1.82, 2.24) is 24.1 Å². The van der Waals surface area contributed by atoms with Gasteiger partial charge >= 0.3 is 0 Å². The predicted molar refractivity (Wildman–Crippen MR) is 101 cm³/mol. The van der Waals surface area contributed by atoms with Gasteiger partial charge in [-0.3, -0.25) is 0 Å². The number of rotatable bonds is 4. The van der Waals surface area contributed by atoms with Crippen LogP contribution in [0.3, 0.4) is 0 Å². The van der Waals surface area contributed by atoms with Crippen molar-refractivity contribution in [1.29, 1.82) is 0 Å². The van der Waals surface area contributed by atoms with Crippen molar-refractivity contribution in [2.45, 2.75) is 17.8 Å². The van der Waals surface area contributed by atoms with Crippen LogP contribution in [0.5, 0.6) is 0 Å². The monoisotopic (exact) mass is 369 g/mol. The number of nitrogens with zero attached hydrogens (tertiary/aromatic N) is 5. The lowest BCUT2D eigenvalue weighted by Crippen LogP contribution is -1.95. The predicted octanol–water partition coefficient (Wildman–Crippen LogP) is 4.38. The second kappa shape index (κ2) is 6.54. The smallest absolute Gasteiger partial charge is 0.191 e. The zero-order valence-electron chi connectivity index (χ0n) is 13.8. The number of aromatic nitrogens is 5. The highest BCUT2D eigenvalue weighted by atomic mass is 35.5. The van der Waals surface area contributed by atoms with Crippen LogP contribution < -0.4 is 0 Å². The van der Waals surface area contributed by atoms with Crippen LogP contribution in [0.15, 0.2) is 53.9 Å². The molecule has 0 aliphatic heterocycles. The molecule has 25 heavy (non-hydrogen) atoms. The summed E-state index contributed by atoms with van der Waals surface area (Å²) in [5.74, 6) is 1.59. The number of hydrogen-bond donors (Lipinski definition) is 0. The van der Waals surface area contributed by atoms with Gasteiger partial charge in [0.1, 0.15) is 5.65 Å². The summed E-state index contributed by atoms with van der Waals surface area (Å²) < 4.78 is 3.95. The third-order valence-electron chi connectivity index (χ3n) is 3.96. The van der Waals surface area contributed by atoms with Gasteiger partial charge in [-0.1, -0.05) is 53.2 Å². The number of thioether (sulfide) groups is 1. The van der Waals surface area contributed by atoms with Crippen LogP contribution in [0, 0.1) is 6.92 Å². The van der Waals surface area contributed by atoms with Crippen LogP contribution >= 0.6 is 23.4 Å². The zero-order chi connectivity index (χ0) is 17.4. The van der Waals surface area contributed by atoms with Gasteiger partial charge in [-0.2, -0.15) is 0 Å². The van der Waals surface area contributed by atoms with E-state index in [1.54, 1.807) is 11.8 Å². The molecule has 0 saturated carbocycles. The van der Waals surface area contributed by atoms with E-state index in [0.717, 1.165) is 33.6 Å². The molecule has 3 aromatic heterocycles. The fourth-order valence-electron chi connectivity index (χ4n) is 2.62. The Labute approximate surface area is 154 Å². The summed E-state index contributed by atoms with van der Waals surface area (Å²) in [5, 5.41) is 10.2. The number of hydrogen-bond acceptors (Lipinski definition) is 4. The average molecular weight is 370 g/mol. The van der Waals surface area contributed by atoms with Crippen LogP contribution in [0.4, 0.5) is 0 Å². The topological polar surface area (TPSA) is 48.0 Å². The highest BCUT2D eigenvalue weighted by Gasteiger charge is 2.12. The fraction of sp³-hybridized carbons (Fsp3) is 0.167. The fourth-order valence-corrected chi connectivity index (χ4v) is 3.58. The van der Waals surface area contributed by atoms with Crippen molar-refractivity contribution in [3.63, 3.8) is 0 Å². The minimum atomic E-state index is 0.695. The van der Waals surface area contributed by atoms with Crippen LogP contribution in [-0.2, 0) is 12.8 Å². The van der Waals surface area contributed by atoms with Crippen LogP contribution in [0.2, 0.25) is 5.02 Å². The van der Waals surface area contributed by atoms with Gasteiger partial charge in [0.05, 0.1) is 10.7 Å². The Balaban J connectivity index is 1.53. The van der Waals surface area contributed by atoms with Crippen LogP contribution in [-0.4, -0.2) is 24.1 Å². The highest BCUT2D eigenvalue weighted by molar-refractivity contribution is 7.98. The Bertz CT molecular complexity index is 1040. The van der Waals surface area contributed by atoms with Gasteiger partial charge in [-0.05, 0) is 19.1 Å². The van der Waals surface area contributed by atoms with E-state index >= 15 is 0 Å². The molecule has 0 aliphatic rings. The highest BCUT2D eigenvalue weighted by Crippen LogP contribution is 2.25. The van der Waals surface area contributed by atoms with Crippen molar-refractivity contribution < 1.29 is 0 Å². The van der Waals surface area contributed by atoms with E-state index in [0.29, 0.717) is 5.02 Å². The normalized spacial score (nSPS) is 11.3. The first-order valence-corrected chi connectivity index (χ1v) is 9.19. The second-order valence-electron chi connectivity index (χ2n) is 5.86. The van der Waals surface area contributed by atoms with Crippen LogP contribution in [0.25, 0.3) is 17.0 Å². The molecule has 0 bridgehead atoms. The molecule has 0 fully saturated rings. The molecule has 0 saturated heterocycles. The van der Waals surface area contributed by atoms with Gasteiger partial charge in [0, 0.05) is 30.8 Å². The SMILES string of the molecule is Cc1ccc(-c2nnc(SCc3cn4cc(Cl)ccc4n3)n2C)cc1. The number of aryl methyl sites for hydroxylation is 1. The largest absolute Gasteiger partial charge is 0.305 e. The second-order valence-corrected chi connectivity index (χ2v) is 7.24. The lowest BCUT2D eigenvalue weighted by Gasteiger charge is -2.03. The van der Waals surface area contributed by atoms with Crippen molar-refractivity contribution in [2.24, 2.45) is 7.05 Å². The Morgan fingerprint density at radius 1 is 1.04 bits per heavy atom. The molecule has 0 aliphatic carbocycles. The van der Waals surface area contributed by atoms with Crippen LogP contribution in [0.1, 0.15) is 11.3 Å². The summed E-state index contributed by atoms with van der Waals surface area (Å²) >= 11 is 7.64. The number of pyridine rings is 1. The zero-order valence-corrected chi connectivity index (χ0v) is 15.4. The molecule has 3 heterocycles. The molecule has 4 rings (SSSR count). The number of imidazole rings is 1. The Kier molecular flexibility index (Phi) is 4.23. The number of benzene rings is 1. The van der Waals surface area contributed by atoms with Gasteiger partial charge in [0.15, 0.2) is 11.0 Å². The summed E-state index contributed by atoms with van der Waals surface area (Å²) in [5.41, 5.74) is 4.16.